The molecule has 86 valence electrons. The van der Waals surface area contributed by atoms with Crippen LogP contribution in [0, 0.1) is 5.92 Å². The number of fused-ring (bicyclic) bond motifs is 3. The Morgan fingerprint density at radius 3 is 2.81 bits per heavy atom. The normalized spacial score (nSPS) is 32.7. The fourth-order valence-corrected chi connectivity index (χ4v) is 2.88. The summed E-state index contributed by atoms with van der Waals surface area (Å²) in [6.45, 7) is 3.62. The Balaban J connectivity index is 1.73. The summed E-state index contributed by atoms with van der Waals surface area (Å²) in [5.74, 6) is 1.55. The zero-order chi connectivity index (χ0) is 11.0. The van der Waals surface area contributed by atoms with E-state index in [1.54, 1.807) is 6.20 Å². The Hall–Kier alpha value is -0.870. The highest BCUT2D eigenvalue weighted by Crippen LogP contribution is 2.30. The molecule has 1 aromatic rings. The van der Waals surface area contributed by atoms with Gasteiger partial charge >= 0.3 is 0 Å². The van der Waals surface area contributed by atoms with Crippen molar-refractivity contribution in [2.24, 2.45) is 5.92 Å². The van der Waals surface area contributed by atoms with Crippen molar-refractivity contribution in [3.8, 4) is 0 Å². The maximum Gasteiger partial charge on any atom is 0.148 e. The topological polar surface area (TPSA) is 41.1 Å². The van der Waals surface area contributed by atoms with Gasteiger partial charge in [0, 0.05) is 12.6 Å². The number of piperidine rings is 3. The third-order valence-electron chi connectivity index (χ3n) is 3.65. The second kappa shape index (κ2) is 4.18. The molecule has 0 spiro atoms. The lowest BCUT2D eigenvalue weighted by Crippen LogP contribution is -2.53. The Kier molecular flexibility index (Phi) is 2.69. The van der Waals surface area contributed by atoms with Crippen LogP contribution in [0.25, 0.3) is 0 Å². The average molecular weight is 239 g/mol. The number of hydrogen-bond donors (Lipinski definition) is 1. The average Bonchev–Trinajstić information content (AvgIpc) is 2.34. The highest BCUT2D eigenvalue weighted by atomic mass is 35.5. The van der Waals surface area contributed by atoms with Gasteiger partial charge in [-0.25, -0.2) is 9.97 Å². The van der Waals surface area contributed by atoms with Gasteiger partial charge in [-0.2, -0.15) is 0 Å². The zero-order valence-corrected chi connectivity index (χ0v) is 9.82. The molecule has 3 saturated heterocycles. The van der Waals surface area contributed by atoms with Crippen LogP contribution in [0.2, 0.25) is 5.02 Å². The van der Waals surface area contributed by atoms with Gasteiger partial charge < -0.3 is 10.2 Å². The molecule has 5 heteroatoms. The Bertz CT molecular complexity index is 376. The highest BCUT2D eigenvalue weighted by molar-refractivity contribution is 6.32. The lowest BCUT2D eigenvalue weighted by molar-refractivity contribution is 0.0974. The van der Waals surface area contributed by atoms with Crippen LogP contribution in [0.3, 0.4) is 0 Å². The minimum absolute atomic E-state index is 0.495. The van der Waals surface area contributed by atoms with Crippen molar-refractivity contribution in [2.75, 3.05) is 25.0 Å². The van der Waals surface area contributed by atoms with Crippen molar-refractivity contribution < 1.29 is 0 Å². The fourth-order valence-electron chi connectivity index (χ4n) is 2.72. The maximum absolute atomic E-state index is 6.04. The lowest BCUT2D eigenvalue weighted by atomic mass is 9.84. The van der Waals surface area contributed by atoms with Crippen molar-refractivity contribution in [2.45, 2.75) is 18.9 Å². The van der Waals surface area contributed by atoms with E-state index in [0.717, 1.165) is 18.3 Å². The Labute approximate surface area is 100 Å². The first-order valence-corrected chi connectivity index (χ1v) is 6.15. The summed E-state index contributed by atoms with van der Waals surface area (Å²) in [6.07, 6.45) is 5.76. The van der Waals surface area contributed by atoms with Gasteiger partial charge in [0.1, 0.15) is 17.2 Å². The summed E-state index contributed by atoms with van der Waals surface area (Å²) in [5, 5.41) is 4.07. The molecule has 0 radical (unpaired) electrons. The van der Waals surface area contributed by atoms with Crippen LogP contribution in [-0.4, -0.2) is 40.5 Å². The summed E-state index contributed by atoms with van der Waals surface area (Å²) >= 11 is 6.04. The van der Waals surface area contributed by atoms with Crippen LogP contribution in [0.5, 0.6) is 0 Å². The van der Waals surface area contributed by atoms with E-state index in [1.165, 1.54) is 32.3 Å². The third kappa shape index (κ3) is 1.87. The molecule has 16 heavy (non-hydrogen) atoms. The van der Waals surface area contributed by atoms with Gasteiger partial charge in [-0.15, -0.1) is 0 Å². The SMILES string of the molecule is Clc1cncnc1NC1CN2CCC1CC2. The van der Waals surface area contributed by atoms with Crippen molar-refractivity contribution in [3.63, 3.8) is 0 Å². The molecule has 0 aromatic carbocycles. The lowest BCUT2D eigenvalue weighted by Gasteiger charge is -2.45. The van der Waals surface area contributed by atoms with Crippen LogP contribution >= 0.6 is 11.6 Å². The van der Waals surface area contributed by atoms with E-state index in [9.17, 15) is 0 Å². The molecule has 3 aliphatic heterocycles. The van der Waals surface area contributed by atoms with Crippen molar-refractivity contribution in [1.82, 2.24) is 14.9 Å². The zero-order valence-electron chi connectivity index (χ0n) is 9.06. The van der Waals surface area contributed by atoms with Gasteiger partial charge in [0.25, 0.3) is 0 Å². The summed E-state index contributed by atoms with van der Waals surface area (Å²) in [4.78, 5) is 10.6. The predicted molar refractivity (Wildman–Crippen MR) is 63.6 cm³/mol. The van der Waals surface area contributed by atoms with E-state index in [0.29, 0.717) is 11.1 Å². The number of nitrogens with one attached hydrogen (secondary N) is 1. The minimum Gasteiger partial charge on any atom is -0.364 e. The number of rotatable bonds is 2. The molecule has 4 rings (SSSR count). The third-order valence-corrected chi connectivity index (χ3v) is 3.92. The number of halogens is 1. The van der Waals surface area contributed by atoms with E-state index in [1.807, 2.05) is 0 Å². The molecular weight excluding hydrogens is 224 g/mol. The maximum atomic E-state index is 6.04. The van der Waals surface area contributed by atoms with Crippen LogP contribution in [0.1, 0.15) is 12.8 Å². The van der Waals surface area contributed by atoms with Crippen LogP contribution in [-0.2, 0) is 0 Å². The molecule has 0 amide bonds. The quantitative estimate of drug-likeness (QED) is 0.851. The number of hydrogen-bond acceptors (Lipinski definition) is 4. The molecule has 1 N–H and O–H groups in total. The van der Waals surface area contributed by atoms with Crippen molar-refractivity contribution >= 4 is 17.4 Å². The van der Waals surface area contributed by atoms with E-state index in [-0.39, 0.29) is 0 Å². The van der Waals surface area contributed by atoms with Crippen LogP contribution < -0.4 is 5.32 Å². The number of nitrogens with zero attached hydrogens (tertiary/aromatic N) is 3. The van der Waals surface area contributed by atoms with Crippen molar-refractivity contribution in [3.05, 3.63) is 17.5 Å². The fraction of sp³-hybridized carbons (Fsp3) is 0.636. The molecule has 3 fully saturated rings. The molecule has 1 aromatic heterocycles. The first-order valence-electron chi connectivity index (χ1n) is 5.77. The molecule has 4 heterocycles. The summed E-state index contributed by atoms with van der Waals surface area (Å²) in [6, 6.07) is 0.495. The summed E-state index contributed by atoms with van der Waals surface area (Å²) < 4.78 is 0. The second-order valence-corrected chi connectivity index (χ2v) is 5.02. The molecule has 1 atom stereocenters. The van der Waals surface area contributed by atoms with Gasteiger partial charge in [-0.05, 0) is 31.8 Å². The monoisotopic (exact) mass is 238 g/mol. The van der Waals surface area contributed by atoms with Gasteiger partial charge in [0.2, 0.25) is 0 Å². The molecule has 2 bridgehead atoms. The molecule has 1 unspecified atom stereocenters. The second-order valence-electron chi connectivity index (χ2n) is 4.61. The Morgan fingerprint density at radius 1 is 1.38 bits per heavy atom. The van der Waals surface area contributed by atoms with Crippen LogP contribution in [0.15, 0.2) is 12.5 Å². The van der Waals surface area contributed by atoms with E-state index in [4.69, 9.17) is 11.6 Å². The van der Waals surface area contributed by atoms with Gasteiger partial charge in [-0.3, -0.25) is 0 Å². The molecular formula is C11H15ClN4. The summed E-state index contributed by atoms with van der Waals surface area (Å²) in [7, 11) is 0. The van der Waals surface area contributed by atoms with Gasteiger partial charge in [0.05, 0.1) is 6.20 Å². The van der Waals surface area contributed by atoms with E-state index < -0.39 is 0 Å². The largest absolute Gasteiger partial charge is 0.364 e. The number of anilines is 1. The standard InChI is InChI=1S/C11H15ClN4/c12-9-5-13-7-14-11(9)15-10-6-16-3-1-8(10)2-4-16/h5,7-8,10H,1-4,6H2,(H,13,14,15). The molecule has 4 nitrogen and oxygen atoms in total. The summed E-state index contributed by atoms with van der Waals surface area (Å²) in [5.41, 5.74) is 0. The van der Waals surface area contributed by atoms with E-state index >= 15 is 0 Å². The van der Waals surface area contributed by atoms with Gasteiger partial charge in [-0.1, -0.05) is 11.6 Å². The molecule has 0 saturated carbocycles. The van der Waals surface area contributed by atoms with Gasteiger partial charge in [0.15, 0.2) is 0 Å². The molecule has 3 aliphatic rings. The first-order chi connectivity index (χ1) is 7.83. The highest BCUT2D eigenvalue weighted by Gasteiger charge is 2.34. The van der Waals surface area contributed by atoms with Crippen LogP contribution in [0.4, 0.5) is 5.82 Å². The first kappa shape index (κ1) is 10.3. The number of aromatic nitrogens is 2. The Morgan fingerprint density at radius 2 is 2.19 bits per heavy atom. The smallest absolute Gasteiger partial charge is 0.148 e. The van der Waals surface area contributed by atoms with Crippen molar-refractivity contribution in [1.29, 1.82) is 0 Å². The molecule has 0 aliphatic carbocycles. The van der Waals surface area contributed by atoms with E-state index in [2.05, 4.69) is 20.2 Å². The minimum atomic E-state index is 0.495. The predicted octanol–water partition coefficient (Wildman–Crippen LogP) is 1.64.